The standard InChI is InChI=1S/C24H24N2O5S/c1-4-31-24(28)19-12-13-21(17(3)14-19)25-23(27)18-11-10-16(2)22(15-18)26-32(29,30)20-8-6-5-7-9-20/h5-15,26H,4H2,1-3H3,(H,25,27). The molecule has 3 aromatic rings. The number of benzene rings is 3. The zero-order chi connectivity index (χ0) is 23.3. The van der Waals surface area contributed by atoms with E-state index in [1.165, 1.54) is 18.2 Å². The Morgan fingerprint density at radius 2 is 1.53 bits per heavy atom. The van der Waals surface area contributed by atoms with Gasteiger partial charge in [0.2, 0.25) is 0 Å². The number of nitrogens with one attached hydrogen (secondary N) is 2. The van der Waals surface area contributed by atoms with E-state index in [2.05, 4.69) is 10.0 Å². The number of anilines is 2. The highest BCUT2D eigenvalue weighted by Crippen LogP contribution is 2.23. The van der Waals surface area contributed by atoms with Crippen LogP contribution in [-0.4, -0.2) is 26.9 Å². The number of hydrogen-bond donors (Lipinski definition) is 2. The van der Waals surface area contributed by atoms with E-state index < -0.39 is 21.9 Å². The molecule has 32 heavy (non-hydrogen) atoms. The fourth-order valence-electron chi connectivity index (χ4n) is 3.02. The van der Waals surface area contributed by atoms with Crippen molar-refractivity contribution in [2.24, 2.45) is 0 Å². The number of sulfonamides is 1. The predicted molar refractivity (Wildman–Crippen MR) is 124 cm³/mol. The van der Waals surface area contributed by atoms with Gasteiger partial charge in [0, 0.05) is 11.3 Å². The second kappa shape index (κ2) is 9.65. The average Bonchev–Trinajstić information content (AvgIpc) is 2.77. The van der Waals surface area contributed by atoms with Gasteiger partial charge in [-0.2, -0.15) is 0 Å². The average molecular weight is 453 g/mol. The molecule has 3 rings (SSSR count). The number of hydrogen-bond acceptors (Lipinski definition) is 5. The molecular weight excluding hydrogens is 428 g/mol. The van der Waals surface area contributed by atoms with E-state index in [4.69, 9.17) is 4.74 Å². The first-order chi connectivity index (χ1) is 15.2. The normalized spacial score (nSPS) is 11.0. The lowest BCUT2D eigenvalue weighted by atomic mass is 10.1. The van der Waals surface area contributed by atoms with Crippen molar-refractivity contribution < 1.29 is 22.7 Å². The summed E-state index contributed by atoms with van der Waals surface area (Å²) < 4.78 is 32.8. The second-order valence-corrected chi connectivity index (χ2v) is 8.83. The van der Waals surface area contributed by atoms with E-state index in [1.807, 2.05) is 0 Å². The fraction of sp³-hybridized carbons (Fsp3) is 0.167. The van der Waals surface area contributed by atoms with Crippen LogP contribution < -0.4 is 10.0 Å². The van der Waals surface area contributed by atoms with E-state index >= 15 is 0 Å². The zero-order valence-electron chi connectivity index (χ0n) is 18.0. The van der Waals surface area contributed by atoms with Gasteiger partial charge in [0.05, 0.1) is 22.8 Å². The Kier molecular flexibility index (Phi) is 6.95. The van der Waals surface area contributed by atoms with E-state index in [-0.39, 0.29) is 17.1 Å². The molecule has 0 saturated heterocycles. The van der Waals surface area contributed by atoms with Gasteiger partial charge in [-0.15, -0.1) is 0 Å². The molecule has 0 fully saturated rings. The Hall–Kier alpha value is -3.65. The van der Waals surface area contributed by atoms with Gasteiger partial charge in [0.15, 0.2) is 0 Å². The van der Waals surface area contributed by atoms with E-state index in [9.17, 15) is 18.0 Å². The van der Waals surface area contributed by atoms with Gasteiger partial charge in [-0.3, -0.25) is 9.52 Å². The van der Waals surface area contributed by atoms with Gasteiger partial charge in [-0.05, 0) is 74.4 Å². The Labute approximate surface area is 187 Å². The van der Waals surface area contributed by atoms with Crippen LogP contribution in [-0.2, 0) is 14.8 Å². The number of ether oxygens (including phenoxy) is 1. The third kappa shape index (κ3) is 5.33. The zero-order valence-corrected chi connectivity index (χ0v) is 18.8. The Morgan fingerprint density at radius 3 is 2.19 bits per heavy atom. The highest BCUT2D eigenvalue weighted by Gasteiger charge is 2.17. The Morgan fingerprint density at radius 1 is 0.844 bits per heavy atom. The third-order valence-electron chi connectivity index (χ3n) is 4.78. The smallest absolute Gasteiger partial charge is 0.338 e. The fourth-order valence-corrected chi connectivity index (χ4v) is 4.16. The van der Waals surface area contributed by atoms with Crippen LogP contribution in [0.4, 0.5) is 11.4 Å². The summed E-state index contributed by atoms with van der Waals surface area (Å²) in [6.45, 7) is 5.53. The minimum Gasteiger partial charge on any atom is -0.462 e. The number of carbonyl (C=O) groups is 2. The molecule has 0 aliphatic heterocycles. The maximum absolute atomic E-state index is 12.8. The quantitative estimate of drug-likeness (QED) is 0.513. The molecule has 1 amide bonds. The molecular formula is C24H24N2O5S. The molecule has 0 aromatic heterocycles. The Balaban J connectivity index is 1.81. The number of rotatable bonds is 7. The monoisotopic (exact) mass is 452 g/mol. The van der Waals surface area contributed by atoms with Crippen LogP contribution in [0.1, 0.15) is 38.8 Å². The van der Waals surface area contributed by atoms with Crippen molar-refractivity contribution in [3.05, 3.63) is 89.0 Å². The maximum Gasteiger partial charge on any atom is 0.338 e. The summed E-state index contributed by atoms with van der Waals surface area (Å²) in [6, 6.07) is 17.6. The van der Waals surface area contributed by atoms with E-state index in [0.717, 1.165) is 0 Å². The summed E-state index contributed by atoms with van der Waals surface area (Å²) in [7, 11) is -3.79. The topological polar surface area (TPSA) is 102 Å². The van der Waals surface area contributed by atoms with Crippen LogP contribution in [0.2, 0.25) is 0 Å². The van der Waals surface area contributed by atoms with Crippen molar-refractivity contribution in [1.29, 1.82) is 0 Å². The van der Waals surface area contributed by atoms with Gasteiger partial charge in [-0.1, -0.05) is 24.3 Å². The molecule has 7 nitrogen and oxygen atoms in total. The number of aryl methyl sites for hydroxylation is 2. The first-order valence-electron chi connectivity index (χ1n) is 9.99. The molecule has 0 aliphatic carbocycles. The molecule has 0 bridgehead atoms. The molecule has 0 saturated carbocycles. The third-order valence-corrected chi connectivity index (χ3v) is 6.16. The van der Waals surface area contributed by atoms with Crippen LogP contribution >= 0.6 is 0 Å². The lowest BCUT2D eigenvalue weighted by Crippen LogP contribution is -2.16. The molecule has 0 radical (unpaired) electrons. The largest absolute Gasteiger partial charge is 0.462 e. The highest BCUT2D eigenvalue weighted by atomic mass is 32.2. The van der Waals surface area contributed by atoms with Crippen LogP contribution in [0.25, 0.3) is 0 Å². The lowest BCUT2D eigenvalue weighted by Gasteiger charge is -2.13. The van der Waals surface area contributed by atoms with Crippen LogP contribution in [0, 0.1) is 13.8 Å². The summed E-state index contributed by atoms with van der Waals surface area (Å²) >= 11 is 0. The van der Waals surface area contributed by atoms with Crippen molar-refractivity contribution in [3.63, 3.8) is 0 Å². The van der Waals surface area contributed by atoms with Crippen molar-refractivity contribution in [1.82, 2.24) is 0 Å². The molecule has 0 spiro atoms. The van der Waals surface area contributed by atoms with E-state index in [0.29, 0.717) is 28.1 Å². The summed E-state index contributed by atoms with van der Waals surface area (Å²) in [6.07, 6.45) is 0. The van der Waals surface area contributed by atoms with Crippen molar-refractivity contribution >= 4 is 33.3 Å². The van der Waals surface area contributed by atoms with Crippen LogP contribution in [0.5, 0.6) is 0 Å². The van der Waals surface area contributed by atoms with Crippen molar-refractivity contribution in [2.45, 2.75) is 25.7 Å². The maximum atomic E-state index is 12.8. The number of amides is 1. The minimum atomic E-state index is -3.79. The first-order valence-corrected chi connectivity index (χ1v) is 11.5. The molecule has 8 heteroatoms. The number of carbonyl (C=O) groups excluding carboxylic acids is 2. The molecule has 3 aromatic carbocycles. The van der Waals surface area contributed by atoms with Crippen LogP contribution in [0.3, 0.4) is 0 Å². The summed E-state index contributed by atoms with van der Waals surface area (Å²) in [5.74, 6) is -0.834. The molecule has 166 valence electrons. The van der Waals surface area contributed by atoms with Gasteiger partial charge < -0.3 is 10.1 Å². The first kappa shape index (κ1) is 23.0. The highest BCUT2D eigenvalue weighted by molar-refractivity contribution is 7.92. The molecule has 2 N–H and O–H groups in total. The molecule has 0 heterocycles. The number of esters is 1. The van der Waals surface area contributed by atoms with Crippen molar-refractivity contribution in [2.75, 3.05) is 16.6 Å². The molecule has 0 unspecified atom stereocenters. The Bertz CT molecular complexity index is 1250. The van der Waals surface area contributed by atoms with Crippen molar-refractivity contribution in [3.8, 4) is 0 Å². The van der Waals surface area contributed by atoms with E-state index in [1.54, 1.807) is 69.3 Å². The van der Waals surface area contributed by atoms with Gasteiger partial charge in [0.1, 0.15) is 0 Å². The van der Waals surface area contributed by atoms with Gasteiger partial charge >= 0.3 is 5.97 Å². The van der Waals surface area contributed by atoms with Gasteiger partial charge in [-0.25, -0.2) is 13.2 Å². The predicted octanol–water partition coefficient (Wildman–Crippen LogP) is 4.53. The SMILES string of the molecule is CCOC(=O)c1ccc(NC(=O)c2ccc(C)c(NS(=O)(=O)c3ccccc3)c2)c(C)c1. The van der Waals surface area contributed by atoms with Gasteiger partial charge in [0.25, 0.3) is 15.9 Å². The molecule has 0 aliphatic rings. The summed E-state index contributed by atoms with van der Waals surface area (Å²) in [5.41, 5.74) is 2.91. The molecule has 0 atom stereocenters. The summed E-state index contributed by atoms with van der Waals surface area (Å²) in [5, 5.41) is 2.80. The minimum absolute atomic E-state index is 0.131. The lowest BCUT2D eigenvalue weighted by molar-refractivity contribution is 0.0526. The second-order valence-electron chi connectivity index (χ2n) is 7.15. The van der Waals surface area contributed by atoms with Crippen LogP contribution in [0.15, 0.2) is 71.6 Å². The summed E-state index contributed by atoms with van der Waals surface area (Å²) in [4.78, 5) is 24.8.